The number of benzene rings is 2. The Kier molecular flexibility index (Phi) is 6.70. The molecule has 184 valence electrons. The number of anilines is 1. The van der Waals surface area contributed by atoms with Crippen molar-refractivity contribution >= 4 is 61.3 Å². The van der Waals surface area contributed by atoms with E-state index in [0.717, 1.165) is 4.70 Å². The molecule has 0 radical (unpaired) electrons. The first-order valence-corrected chi connectivity index (χ1v) is 13.3. The first-order chi connectivity index (χ1) is 17.4. The number of aliphatic hydroxyl groups excluding tert-OH is 1. The number of hydrogen-bond donors (Lipinski definition) is 1. The molecular weight excluding hydrogens is 520 g/mol. The van der Waals surface area contributed by atoms with E-state index in [4.69, 9.17) is 21.1 Å². The molecule has 0 spiro atoms. The van der Waals surface area contributed by atoms with Crippen LogP contribution in [0.3, 0.4) is 0 Å². The van der Waals surface area contributed by atoms with Crippen LogP contribution < -0.4 is 14.4 Å². The second kappa shape index (κ2) is 9.93. The van der Waals surface area contributed by atoms with Gasteiger partial charge in [-0.25, -0.2) is 4.98 Å². The molecule has 5 rings (SSSR count). The molecule has 1 amide bonds. The first-order valence-electron chi connectivity index (χ1n) is 11.2. The van der Waals surface area contributed by atoms with Crippen molar-refractivity contribution in [3.63, 3.8) is 0 Å². The summed E-state index contributed by atoms with van der Waals surface area (Å²) in [5, 5.41) is 13.7. The van der Waals surface area contributed by atoms with E-state index in [1.54, 1.807) is 53.9 Å². The molecule has 1 aliphatic rings. The maximum absolute atomic E-state index is 13.5. The maximum atomic E-state index is 13.5. The number of thiazole rings is 1. The number of halogens is 1. The molecule has 1 aliphatic heterocycles. The summed E-state index contributed by atoms with van der Waals surface area (Å²) in [5.41, 5.74) is 1.23. The number of fused-ring (bicyclic) bond motifs is 1. The molecule has 10 heteroatoms. The van der Waals surface area contributed by atoms with Gasteiger partial charge in [-0.15, -0.1) is 11.3 Å². The van der Waals surface area contributed by atoms with Crippen LogP contribution >= 0.6 is 34.3 Å². The third kappa shape index (κ3) is 4.23. The SMILES string of the molecule is CCOc1ccc(C2C(C(=O)c3cccs3)=C(O)C(=O)N2c2nc3ccc(Cl)cc3s2)cc1OCC. The van der Waals surface area contributed by atoms with Crippen LogP contribution in [0.25, 0.3) is 10.2 Å². The van der Waals surface area contributed by atoms with Crippen LogP contribution in [0.15, 0.2) is 65.2 Å². The molecule has 7 nitrogen and oxygen atoms in total. The Morgan fingerprint density at radius 1 is 1.11 bits per heavy atom. The van der Waals surface area contributed by atoms with Crippen LogP contribution in [-0.4, -0.2) is 35.0 Å². The quantitative estimate of drug-likeness (QED) is 0.253. The highest BCUT2D eigenvalue weighted by Gasteiger charge is 2.46. The Hall–Kier alpha value is -3.40. The minimum Gasteiger partial charge on any atom is -0.503 e. The van der Waals surface area contributed by atoms with Crippen molar-refractivity contribution < 1.29 is 24.2 Å². The monoisotopic (exact) mass is 540 g/mol. The zero-order valence-corrected chi connectivity index (χ0v) is 21.7. The number of aliphatic hydroxyl groups is 1. The number of Topliss-reactive ketones (excluding diaryl/α,β-unsaturated/α-hetero) is 1. The van der Waals surface area contributed by atoms with E-state index in [9.17, 15) is 14.7 Å². The highest BCUT2D eigenvalue weighted by atomic mass is 35.5. The number of ketones is 1. The van der Waals surface area contributed by atoms with Gasteiger partial charge in [-0.1, -0.05) is 35.1 Å². The maximum Gasteiger partial charge on any atom is 0.296 e. The number of aromatic nitrogens is 1. The summed E-state index contributed by atoms with van der Waals surface area (Å²) in [7, 11) is 0. The molecule has 4 aromatic rings. The zero-order chi connectivity index (χ0) is 25.4. The van der Waals surface area contributed by atoms with Crippen molar-refractivity contribution in [1.29, 1.82) is 0 Å². The van der Waals surface area contributed by atoms with Crippen molar-refractivity contribution in [1.82, 2.24) is 4.98 Å². The molecule has 0 bridgehead atoms. The Bertz CT molecular complexity index is 1500. The number of ether oxygens (including phenoxy) is 2. The van der Waals surface area contributed by atoms with Gasteiger partial charge in [-0.05, 0) is 61.2 Å². The Morgan fingerprint density at radius 3 is 2.61 bits per heavy atom. The fourth-order valence-electron chi connectivity index (χ4n) is 4.12. The standard InChI is InChI=1S/C26H21ClN2O5S2/c1-3-33-17-10-7-14(12-18(17)34-4-2)22-21(23(30)19-6-5-11-35-19)24(31)25(32)29(22)26-28-16-9-8-15(27)13-20(16)36-26/h5-13,22,31H,3-4H2,1-2H3. The van der Waals surface area contributed by atoms with E-state index in [1.807, 2.05) is 13.8 Å². The molecule has 2 aromatic heterocycles. The lowest BCUT2D eigenvalue weighted by Gasteiger charge is -2.25. The number of amides is 1. The minimum atomic E-state index is -0.919. The molecule has 1 N–H and O–H groups in total. The number of thiophene rings is 1. The molecule has 2 aromatic carbocycles. The summed E-state index contributed by atoms with van der Waals surface area (Å²) in [4.78, 5) is 33.4. The van der Waals surface area contributed by atoms with Gasteiger partial charge in [0.1, 0.15) is 0 Å². The lowest BCUT2D eigenvalue weighted by molar-refractivity contribution is -0.117. The van der Waals surface area contributed by atoms with E-state index in [-0.39, 0.29) is 5.57 Å². The predicted octanol–water partition coefficient (Wildman–Crippen LogP) is 6.59. The molecule has 0 aliphatic carbocycles. The van der Waals surface area contributed by atoms with E-state index in [1.165, 1.54) is 27.6 Å². The fraction of sp³-hybridized carbons (Fsp3) is 0.192. The molecular formula is C26H21ClN2O5S2. The van der Waals surface area contributed by atoms with Gasteiger partial charge < -0.3 is 14.6 Å². The van der Waals surface area contributed by atoms with Crippen LogP contribution in [0.2, 0.25) is 5.02 Å². The molecule has 0 saturated heterocycles. The summed E-state index contributed by atoms with van der Waals surface area (Å²) in [6, 6.07) is 13.0. The first kappa shape index (κ1) is 24.3. The lowest BCUT2D eigenvalue weighted by atomic mass is 9.95. The highest BCUT2D eigenvalue weighted by molar-refractivity contribution is 7.22. The van der Waals surface area contributed by atoms with Gasteiger partial charge in [-0.2, -0.15) is 0 Å². The van der Waals surface area contributed by atoms with Gasteiger partial charge in [0.25, 0.3) is 5.91 Å². The van der Waals surface area contributed by atoms with Crippen molar-refractivity contribution in [3.05, 3.63) is 80.7 Å². The van der Waals surface area contributed by atoms with Crippen LogP contribution in [0.4, 0.5) is 5.13 Å². The van der Waals surface area contributed by atoms with Gasteiger partial charge >= 0.3 is 0 Å². The Balaban J connectivity index is 1.68. The molecule has 1 unspecified atom stereocenters. The Labute approximate surface area is 220 Å². The molecule has 36 heavy (non-hydrogen) atoms. The van der Waals surface area contributed by atoms with Crippen LogP contribution in [0, 0.1) is 0 Å². The number of carbonyl (C=O) groups excluding carboxylic acids is 2. The number of nitrogens with zero attached hydrogens (tertiary/aromatic N) is 2. The second-order valence-corrected chi connectivity index (χ2v) is 10.2. The van der Waals surface area contributed by atoms with E-state index >= 15 is 0 Å². The topological polar surface area (TPSA) is 89.0 Å². The summed E-state index contributed by atoms with van der Waals surface area (Å²) >= 11 is 8.66. The number of carbonyl (C=O) groups is 2. The van der Waals surface area contributed by atoms with Gasteiger partial charge in [-0.3, -0.25) is 14.5 Å². The third-order valence-electron chi connectivity index (χ3n) is 5.63. The van der Waals surface area contributed by atoms with Gasteiger partial charge in [0, 0.05) is 5.02 Å². The number of rotatable bonds is 8. The van der Waals surface area contributed by atoms with E-state index in [2.05, 4.69) is 4.98 Å². The van der Waals surface area contributed by atoms with Crippen LogP contribution in [0.1, 0.15) is 35.1 Å². The van der Waals surface area contributed by atoms with E-state index < -0.39 is 23.5 Å². The largest absolute Gasteiger partial charge is 0.503 e. The van der Waals surface area contributed by atoms with Gasteiger partial charge in [0.15, 0.2) is 22.4 Å². The minimum absolute atomic E-state index is 0.00801. The summed E-state index contributed by atoms with van der Waals surface area (Å²) < 4.78 is 12.3. The average Bonchev–Trinajstić information content (AvgIpc) is 3.59. The zero-order valence-electron chi connectivity index (χ0n) is 19.4. The fourth-order valence-corrected chi connectivity index (χ4v) is 6.06. The molecule has 0 saturated carbocycles. The van der Waals surface area contributed by atoms with E-state index in [0.29, 0.717) is 50.8 Å². The average molecular weight is 541 g/mol. The summed E-state index contributed by atoms with van der Waals surface area (Å²) in [5.74, 6) is -0.679. The summed E-state index contributed by atoms with van der Waals surface area (Å²) in [6.07, 6.45) is 0. The molecule has 3 heterocycles. The van der Waals surface area contributed by atoms with Crippen LogP contribution in [0.5, 0.6) is 11.5 Å². The molecule has 1 atom stereocenters. The van der Waals surface area contributed by atoms with Crippen molar-refractivity contribution in [2.75, 3.05) is 18.1 Å². The highest BCUT2D eigenvalue weighted by Crippen LogP contribution is 2.46. The predicted molar refractivity (Wildman–Crippen MR) is 142 cm³/mol. The second-order valence-electron chi connectivity index (χ2n) is 7.83. The van der Waals surface area contributed by atoms with Gasteiger partial charge in [0.05, 0.1) is 39.9 Å². The molecule has 0 fully saturated rings. The lowest BCUT2D eigenvalue weighted by Crippen LogP contribution is -2.31. The van der Waals surface area contributed by atoms with Crippen molar-refractivity contribution in [3.8, 4) is 11.5 Å². The smallest absolute Gasteiger partial charge is 0.296 e. The van der Waals surface area contributed by atoms with Gasteiger partial charge in [0.2, 0.25) is 5.78 Å². The van der Waals surface area contributed by atoms with Crippen molar-refractivity contribution in [2.45, 2.75) is 19.9 Å². The van der Waals surface area contributed by atoms with Crippen LogP contribution in [-0.2, 0) is 4.79 Å². The Morgan fingerprint density at radius 2 is 1.89 bits per heavy atom. The third-order valence-corrected chi connectivity index (χ3v) is 7.75. The van der Waals surface area contributed by atoms with Crippen molar-refractivity contribution in [2.24, 2.45) is 0 Å². The summed E-state index contributed by atoms with van der Waals surface area (Å²) in [6.45, 7) is 4.58. The number of hydrogen-bond acceptors (Lipinski definition) is 8. The normalized spacial score (nSPS) is 15.7.